The second kappa shape index (κ2) is 10.5. The maximum atomic E-state index is 12.9. The van der Waals surface area contributed by atoms with Crippen molar-refractivity contribution in [1.82, 2.24) is 10.2 Å². The van der Waals surface area contributed by atoms with Crippen molar-refractivity contribution in [2.45, 2.75) is 25.3 Å². The molecule has 0 aromatic carbocycles. The van der Waals surface area contributed by atoms with E-state index in [1.165, 1.54) is 18.7 Å². The van der Waals surface area contributed by atoms with Crippen molar-refractivity contribution >= 4 is 58.7 Å². The van der Waals surface area contributed by atoms with Crippen molar-refractivity contribution in [2.24, 2.45) is 5.16 Å². The van der Waals surface area contributed by atoms with Gasteiger partial charge in [-0.2, -0.15) is 0 Å². The van der Waals surface area contributed by atoms with Crippen LogP contribution in [0.5, 0.6) is 0 Å². The fourth-order valence-electron chi connectivity index (χ4n) is 3.03. The van der Waals surface area contributed by atoms with Crippen molar-refractivity contribution in [1.29, 1.82) is 0 Å². The number of oxime groups is 1. The van der Waals surface area contributed by atoms with E-state index in [-0.39, 0.29) is 35.9 Å². The van der Waals surface area contributed by atoms with Crippen LogP contribution in [-0.2, 0) is 33.5 Å². The Balaban J connectivity index is 1.76. The Kier molecular flexibility index (Phi) is 7.71. The van der Waals surface area contributed by atoms with E-state index in [1.807, 2.05) is 0 Å². The summed E-state index contributed by atoms with van der Waals surface area (Å²) in [5.74, 6) is -3.16. The number of amides is 2. The zero-order chi connectivity index (χ0) is 24.1. The maximum absolute atomic E-state index is 12.9. The number of hydrogen-bond acceptors (Lipinski definition) is 11. The van der Waals surface area contributed by atoms with Crippen molar-refractivity contribution < 1.29 is 43.4 Å². The maximum Gasteiger partial charge on any atom is 0.535 e. The third-order valence-corrected chi connectivity index (χ3v) is 6.65. The summed E-state index contributed by atoms with van der Waals surface area (Å²) in [6, 6.07) is 2.21. The van der Waals surface area contributed by atoms with Crippen LogP contribution >= 0.6 is 23.1 Å². The van der Waals surface area contributed by atoms with Crippen LogP contribution in [-0.4, -0.2) is 76.0 Å². The summed E-state index contributed by atoms with van der Waals surface area (Å²) in [5, 5.41) is 16.7. The molecule has 0 radical (unpaired) electrons. The smallest absolute Gasteiger partial charge is 0.477 e. The molecule has 0 spiro atoms. The molecular formula is C19H19N3O9S2. The average molecular weight is 498 g/mol. The molecule has 3 rings (SSSR count). The van der Waals surface area contributed by atoms with E-state index in [2.05, 4.69) is 20.0 Å². The molecule has 1 aromatic heterocycles. The SMILES string of the molecule is CCOC(=O)ON=C(C(=O)N[C@@H]1C(=O)N2C(C(=O)O)=C(COC(C)=O)CS[C@H]12)c1cccs1. The molecule has 3 heterocycles. The normalized spacial score (nSPS) is 19.9. The average Bonchev–Trinajstić information content (AvgIpc) is 3.29. The van der Waals surface area contributed by atoms with E-state index in [0.29, 0.717) is 4.88 Å². The summed E-state index contributed by atoms with van der Waals surface area (Å²) in [4.78, 5) is 66.0. The largest absolute Gasteiger partial charge is 0.535 e. The molecular weight excluding hydrogens is 478 g/mol. The number of esters is 1. The Bertz CT molecular complexity index is 1040. The number of ether oxygens (including phenoxy) is 2. The van der Waals surface area contributed by atoms with Gasteiger partial charge in [0.25, 0.3) is 11.8 Å². The Labute approximate surface area is 195 Å². The molecule has 2 aliphatic rings. The van der Waals surface area contributed by atoms with Gasteiger partial charge in [-0.15, -0.1) is 23.1 Å². The first-order chi connectivity index (χ1) is 15.7. The van der Waals surface area contributed by atoms with Crippen LogP contribution in [0.25, 0.3) is 0 Å². The van der Waals surface area contributed by atoms with Gasteiger partial charge >= 0.3 is 18.1 Å². The van der Waals surface area contributed by atoms with Crippen LogP contribution in [0.2, 0.25) is 0 Å². The van der Waals surface area contributed by atoms with E-state index in [1.54, 1.807) is 24.4 Å². The number of rotatable bonds is 8. The molecule has 0 unspecified atom stereocenters. The molecule has 0 saturated carbocycles. The molecule has 1 aromatic rings. The third kappa shape index (κ3) is 5.34. The Hall–Kier alpha value is -3.39. The lowest BCUT2D eigenvalue weighted by atomic mass is 10.0. The fourth-order valence-corrected chi connectivity index (χ4v) is 5.06. The third-order valence-electron chi connectivity index (χ3n) is 4.43. The van der Waals surface area contributed by atoms with E-state index in [4.69, 9.17) is 4.74 Å². The van der Waals surface area contributed by atoms with Crippen LogP contribution in [0.15, 0.2) is 33.9 Å². The predicted molar refractivity (Wildman–Crippen MR) is 115 cm³/mol. The number of aliphatic carboxylic acids is 1. The molecule has 176 valence electrons. The van der Waals surface area contributed by atoms with E-state index in [0.717, 1.165) is 16.2 Å². The molecule has 2 atom stereocenters. The number of fused-ring (bicyclic) bond motifs is 1. The highest BCUT2D eigenvalue weighted by atomic mass is 32.2. The van der Waals surface area contributed by atoms with Crippen LogP contribution in [0, 0.1) is 0 Å². The van der Waals surface area contributed by atoms with Gasteiger partial charge in [-0.3, -0.25) is 24.1 Å². The highest BCUT2D eigenvalue weighted by Gasteiger charge is 2.54. The molecule has 14 heteroatoms. The second-order valence-corrected chi connectivity index (χ2v) is 8.64. The molecule has 2 amide bonds. The minimum absolute atomic E-state index is 0.0546. The Morgan fingerprint density at radius 2 is 2.06 bits per heavy atom. The van der Waals surface area contributed by atoms with Crippen LogP contribution < -0.4 is 5.32 Å². The second-order valence-electron chi connectivity index (χ2n) is 6.59. The van der Waals surface area contributed by atoms with Crippen molar-refractivity contribution in [3.8, 4) is 0 Å². The molecule has 0 bridgehead atoms. The number of nitrogens with one attached hydrogen (secondary N) is 1. The van der Waals surface area contributed by atoms with Gasteiger partial charge in [0.2, 0.25) is 0 Å². The molecule has 12 nitrogen and oxygen atoms in total. The lowest BCUT2D eigenvalue weighted by Gasteiger charge is -2.49. The summed E-state index contributed by atoms with van der Waals surface area (Å²) in [7, 11) is 0. The number of carboxylic acids is 1. The van der Waals surface area contributed by atoms with E-state index < -0.39 is 41.3 Å². The summed E-state index contributed by atoms with van der Waals surface area (Å²) < 4.78 is 9.50. The van der Waals surface area contributed by atoms with Crippen molar-refractivity contribution in [2.75, 3.05) is 19.0 Å². The fraction of sp³-hybridized carbons (Fsp3) is 0.368. The molecule has 2 aliphatic heterocycles. The summed E-state index contributed by atoms with van der Waals surface area (Å²) in [6.45, 7) is 2.57. The highest BCUT2D eigenvalue weighted by molar-refractivity contribution is 8.00. The summed E-state index contributed by atoms with van der Waals surface area (Å²) >= 11 is 2.38. The summed E-state index contributed by atoms with van der Waals surface area (Å²) in [5.41, 5.74) is -0.233. The molecule has 1 fully saturated rings. The number of nitrogens with zero attached hydrogens (tertiary/aromatic N) is 2. The van der Waals surface area contributed by atoms with Gasteiger partial charge < -0.3 is 19.9 Å². The number of thioether (sulfide) groups is 1. The van der Waals surface area contributed by atoms with Gasteiger partial charge in [-0.25, -0.2) is 9.59 Å². The first kappa shape index (κ1) is 24.3. The van der Waals surface area contributed by atoms with Crippen LogP contribution in [0.3, 0.4) is 0 Å². The number of carboxylic acid groups (broad SMARTS) is 1. The Morgan fingerprint density at radius 3 is 2.67 bits per heavy atom. The Morgan fingerprint density at radius 1 is 1.30 bits per heavy atom. The topological polar surface area (TPSA) is 161 Å². The number of carbonyl (C=O) groups is 5. The van der Waals surface area contributed by atoms with E-state index in [9.17, 15) is 29.1 Å². The van der Waals surface area contributed by atoms with Crippen LogP contribution in [0.1, 0.15) is 18.7 Å². The summed E-state index contributed by atoms with van der Waals surface area (Å²) in [6.07, 6.45) is -1.09. The lowest BCUT2D eigenvalue weighted by molar-refractivity contribution is -0.150. The minimum Gasteiger partial charge on any atom is -0.477 e. The van der Waals surface area contributed by atoms with Gasteiger partial charge in [0.1, 0.15) is 23.7 Å². The standard InChI is InChI=1S/C19H19N3O9S2/c1-3-29-19(28)31-21-12(11-5-4-6-32-11)15(24)20-13-16(25)22-14(18(26)27)10(7-30-9(2)23)8-33-17(13)22/h4-6,13,17H,3,7-8H2,1-2H3,(H,20,24)(H,26,27)/t13-,17-/m1/s1. The zero-order valence-electron chi connectivity index (χ0n) is 17.4. The number of hydrogen-bond donors (Lipinski definition) is 2. The van der Waals surface area contributed by atoms with Crippen molar-refractivity contribution in [3.05, 3.63) is 33.7 Å². The quantitative estimate of drug-likeness (QED) is 0.174. The molecule has 0 aliphatic carbocycles. The van der Waals surface area contributed by atoms with Gasteiger partial charge in [0, 0.05) is 18.2 Å². The first-order valence-corrected chi connectivity index (χ1v) is 11.5. The predicted octanol–water partition coefficient (Wildman–Crippen LogP) is 0.927. The molecule has 33 heavy (non-hydrogen) atoms. The van der Waals surface area contributed by atoms with Gasteiger partial charge in [-0.05, 0) is 18.4 Å². The monoisotopic (exact) mass is 497 g/mol. The number of thiophene rings is 1. The van der Waals surface area contributed by atoms with Gasteiger partial charge in [0.15, 0.2) is 5.71 Å². The zero-order valence-corrected chi connectivity index (χ0v) is 19.1. The number of β-lactam (4-membered cyclic amide) rings is 1. The molecule has 2 N–H and O–H groups in total. The number of carbonyl (C=O) groups excluding carboxylic acids is 4. The molecule has 1 saturated heterocycles. The van der Waals surface area contributed by atoms with E-state index >= 15 is 0 Å². The first-order valence-electron chi connectivity index (χ1n) is 9.54. The van der Waals surface area contributed by atoms with Gasteiger partial charge in [-0.1, -0.05) is 11.2 Å². The highest BCUT2D eigenvalue weighted by Crippen LogP contribution is 2.40. The lowest BCUT2D eigenvalue weighted by Crippen LogP contribution is -2.71. The van der Waals surface area contributed by atoms with Crippen LogP contribution in [0.4, 0.5) is 4.79 Å². The van der Waals surface area contributed by atoms with Gasteiger partial charge in [0.05, 0.1) is 11.5 Å². The van der Waals surface area contributed by atoms with Crippen molar-refractivity contribution in [3.63, 3.8) is 0 Å². The minimum atomic E-state index is -1.34.